The molecule has 0 saturated carbocycles. The van der Waals surface area contributed by atoms with Crippen molar-refractivity contribution in [3.63, 3.8) is 0 Å². The molecule has 0 aromatic heterocycles. The number of ether oxygens (including phenoxy) is 3. The molecule has 6 heteroatoms. The molecule has 0 aliphatic rings. The van der Waals surface area contributed by atoms with Gasteiger partial charge in [-0.15, -0.1) is 0 Å². The summed E-state index contributed by atoms with van der Waals surface area (Å²) in [6, 6.07) is 0. The minimum absolute atomic E-state index is 0.0698. The highest BCUT2D eigenvalue weighted by Gasteiger charge is 2.19. The molecule has 0 heterocycles. The fourth-order valence-corrected chi connectivity index (χ4v) is 6.38. The molecule has 0 aromatic rings. The van der Waals surface area contributed by atoms with Crippen LogP contribution in [0.3, 0.4) is 0 Å². The molecule has 0 bridgehead atoms. The van der Waals surface area contributed by atoms with Gasteiger partial charge in [-0.25, -0.2) is 0 Å². The van der Waals surface area contributed by atoms with Crippen LogP contribution < -0.4 is 0 Å². The van der Waals surface area contributed by atoms with Crippen molar-refractivity contribution >= 4 is 17.9 Å². The van der Waals surface area contributed by atoms with Gasteiger partial charge in [0, 0.05) is 19.3 Å². The third-order valence-electron chi connectivity index (χ3n) is 9.77. The second-order valence-electron chi connectivity index (χ2n) is 15.0. The summed E-state index contributed by atoms with van der Waals surface area (Å²) in [6.45, 7) is 6.56. The summed E-state index contributed by atoms with van der Waals surface area (Å²) in [6.07, 6.45) is 42.1. The lowest BCUT2D eigenvalue weighted by Crippen LogP contribution is -2.30. The van der Waals surface area contributed by atoms with Crippen molar-refractivity contribution in [1.29, 1.82) is 0 Å². The van der Waals surface area contributed by atoms with Crippen molar-refractivity contribution in [1.82, 2.24) is 0 Å². The Morgan fingerprint density at radius 1 is 0.373 bits per heavy atom. The Kier molecular flexibility index (Phi) is 39.4. The largest absolute Gasteiger partial charge is 0.462 e. The summed E-state index contributed by atoms with van der Waals surface area (Å²) in [5.41, 5.74) is 0. The number of allylic oxidation sites excluding steroid dienone is 2. The predicted octanol–water partition coefficient (Wildman–Crippen LogP) is 13.9. The van der Waals surface area contributed by atoms with Crippen LogP contribution in [0.15, 0.2) is 12.2 Å². The second kappa shape index (κ2) is 40.9. The highest BCUT2D eigenvalue weighted by Crippen LogP contribution is 2.15. The zero-order chi connectivity index (χ0) is 37.3. The first-order valence-corrected chi connectivity index (χ1v) is 22.2. The number of hydrogen-bond donors (Lipinski definition) is 0. The maximum Gasteiger partial charge on any atom is 0.306 e. The van der Waals surface area contributed by atoms with E-state index in [1.165, 1.54) is 135 Å². The summed E-state index contributed by atoms with van der Waals surface area (Å²) in [4.78, 5) is 37.5. The molecule has 1 atom stereocenters. The molecule has 51 heavy (non-hydrogen) atoms. The monoisotopic (exact) mass is 721 g/mol. The van der Waals surface area contributed by atoms with Crippen LogP contribution in [-0.2, 0) is 28.6 Å². The van der Waals surface area contributed by atoms with E-state index in [0.717, 1.165) is 64.2 Å². The molecular formula is C45H84O6. The molecule has 0 N–H and O–H groups in total. The highest BCUT2D eigenvalue weighted by atomic mass is 16.6. The van der Waals surface area contributed by atoms with Crippen molar-refractivity contribution in [2.75, 3.05) is 13.2 Å². The number of rotatable bonds is 40. The van der Waals surface area contributed by atoms with Gasteiger partial charge >= 0.3 is 17.9 Å². The maximum absolute atomic E-state index is 12.6. The summed E-state index contributed by atoms with van der Waals surface area (Å²) in [5.74, 6) is -0.882. The van der Waals surface area contributed by atoms with Gasteiger partial charge in [0.2, 0.25) is 0 Å². The van der Waals surface area contributed by atoms with E-state index in [0.29, 0.717) is 19.3 Å². The SMILES string of the molecule is CCCCCC/C=C\CCCCCCCC(=O)OC(COC(=O)CCCCCCCC)COC(=O)CCCCCCCCCCCCCCCC. The Morgan fingerprint density at radius 2 is 0.647 bits per heavy atom. The van der Waals surface area contributed by atoms with Crippen molar-refractivity contribution < 1.29 is 28.6 Å². The van der Waals surface area contributed by atoms with Crippen LogP contribution in [-0.4, -0.2) is 37.2 Å². The van der Waals surface area contributed by atoms with E-state index in [1.807, 2.05) is 0 Å². The first kappa shape index (κ1) is 49.1. The zero-order valence-corrected chi connectivity index (χ0v) is 34.1. The quantitative estimate of drug-likeness (QED) is 0.0271. The molecule has 0 aromatic carbocycles. The van der Waals surface area contributed by atoms with E-state index in [1.54, 1.807) is 0 Å². The molecule has 0 spiro atoms. The highest BCUT2D eigenvalue weighted by molar-refractivity contribution is 5.71. The van der Waals surface area contributed by atoms with Crippen molar-refractivity contribution in [2.24, 2.45) is 0 Å². The minimum Gasteiger partial charge on any atom is -0.462 e. The topological polar surface area (TPSA) is 78.9 Å². The normalized spacial score (nSPS) is 12.0. The molecule has 0 aliphatic heterocycles. The van der Waals surface area contributed by atoms with E-state index in [-0.39, 0.29) is 31.1 Å². The smallest absolute Gasteiger partial charge is 0.306 e. The number of carbonyl (C=O) groups is 3. The standard InChI is InChI=1S/C45H84O6/c1-4-7-10-13-16-18-20-22-24-25-27-29-32-35-38-44(47)50-41-42(40-49-43(46)37-34-31-15-12-9-6-3)51-45(48)39-36-33-30-28-26-23-21-19-17-14-11-8-5-2/h19,21,42H,4-18,20,22-41H2,1-3H3/b21-19-. The molecule has 0 rings (SSSR count). The third kappa shape index (κ3) is 39.2. The van der Waals surface area contributed by atoms with Gasteiger partial charge in [0.1, 0.15) is 13.2 Å². The summed E-state index contributed by atoms with van der Waals surface area (Å²) in [5, 5.41) is 0. The van der Waals surface area contributed by atoms with Gasteiger partial charge < -0.3 is 14.2 Å². The van der Waals surface area contributed by atoms with Crippen LogP contribution in [0, 0.1) is 0 Å². The zero-order valence-electron chi connectivity index (χ0n) is 34.1. The Hall–Kier alpha value is -1.85. The maximum atomic E-state index is 12.6. The Morgan fingerprint density at radius 3 is 1.00 bits per heavy atom. The molecule has 0 amide bonds. The van der Waals surface area contributed by atoms with Crippen LogP contribution in [0.1, 0.15) is 239 Å². The van der Waals surface area contributed by atoms with E-state index in [4.69, 9.17) is 14.2 Å². The van der Waals surface area contributed by atoms with E-state index < -0.39 is 6.10 Å². The fraction of sp³-hybridized carbons (Fsp3) is 0.889. The van der Waals surface area contributed by atoms with Crippen LogP contribution in [0.2, 0.25) is 0 Å². The Bertz CT molecular complexity index is 794. The van der Waals surface area contributed by atoms with E-state index in [9.17, 15) is 14.4 Å². The van der Waals surface area contributed by atoms with Crippen molar-refractivity contribution in [3.8, 4) is 0 Å². The Labute approximate surface area is 316 Å². The van der Waals surface area contributed by atoms with Gasteiger partial charge in [0.25, 0.3) is 0 Å². The number of unbranched alkanes of at least 4 members (excludes halogenated alkanes) is 27. The van der Waals surface area contributed by atoms with Gasteiger partial charge in [-0.2, -0.15) is 0 Å². The van der Waals surface area contributed by atoms with Crippen molar-refractivity contribution in [3.05, 3.63) is 12.2 Å². The number of esters is 3. The molecular weight excluding hydrogens is 636 g/mol. The lowest BCUT2D eigenvalue weighted by molar-refractivity contribution is -0.167. The van der Waals surface area contributed by atoms with E-state index >= 15 is 0 Å². The van der Waals surface area contributed by atoms with Gasteiger partial charge in [-0.3, -0.25) is 14.4 Å². The van der Waals surface area contributed by atoms with Crippen LogP contribution in [0.25, 0.3) is 0 Å². The number of carbonyl (C=O) groups excluding carboxylic acids is 3. The molecule has 6 nitrogen and oxygen atoms in total. The second-order valence-corrected chi connectivity index (χ2v) is 15.0. The first-order valence-electron chi connectivity index (χ1n) is 22.2. The molecule has 300 valence electrons. The average Bonchev–Trinajstić information content (AvgIpc) is 3.13. The Balaban J connectivity index is 4.26. The van der Waals surface area contributed by atoms with Crippen LogP contribution in [0.5, 0.6) is 0 Å². The van der Waals surface area contributed by atoms with Crippen LogP contribution in [0.4, 0.5) is 0 Å². The van der Waals surface area contributed by atoms with Gasteiger partial charge in [-0.05, 0) is 44.9 Å². The summed E-state index contributed by atoms with van der Waals surface area (Å²) in [7, 11) is 0. The summed E-state index contributed by atoms with van der Waals surface area (Å²) >= 11 is 0. The first-order chi connectivity index (χ1) is 25.0. The summed E-state index contributed by atoms with van der Waals surface area (Å²) < 4.78 is 16.6. The molecule has 0 aliphatic carbocycles. The molecule has 1 unspecified atom stereocenters. The number of hydrogen-bond acceptors (Lipinski definition) is 6. The molecule has 0 radical (unpaired) electrons. The van der Waals surface area contributed by atoms with Gasteiger partial charge in [-0.1, -0.05) is 187 Å². The molecule has 0 fully saturated rings. The van der Waals surface area contributed by atoms with Gasteiger partial charge in [0.15, 0.2) is 6.10 Å². The fourth-order valence-electron chi connectivity index (χ4n) is 6.38. The average molecular weight is 721 g/mol. The third-order valence-corrected chi connectivity index (χ3v) is 9.77. The lowest BCUT2D eigenvalue weighted by atomic mass is 10.0. The lowest BCUT2D eigenvalue weighted by Gasteiger charge is -2.18. The van der Waals surface area contributed by atoms with Gasteiger partial charge in [0.05, 0.1) is 0 Å². The molecule has 0 saturated heterocycles. The minimum atomic E-state index is -0.764. The predicted molar refractivity (Wildman–Crippen MR) is 215 cm³/mol. The van der Waals surface area contributed by atoms with E-state index in [2.05, 4.69) is 32.9 Å². The van der Waals surface area contributed by atoms with Crippen LogP contribution >= 0.6 is 0 Å². The van der Waals surface area contributed by atoms with Crippen molar-refractivity contribution in [2.45, 2.75) is 245 Å².